The van der Waals surface area contributed by atoms with Crippen molar-refractivity contribution < 1.29 is 4.79 Å². The number of pyridine rings is 2. The maximum Gasteiger partial charge on any atom is 0.224 e. The third kappa shape index (κ3) is 3.60. The van der Waals surface area contributed by atoms with Crippen LogP contribution in [-0.2, 0) is 11.2 Å². The van der Waals surface area contributed by atoms with Gasteiger partial charge in [-0.15, -0.1) is 11.3 Å². The molecule has 0 atom stereocenters. The van der Waals surface area contributed by atoms with Crippen molar-refractivity contribution in [1.82, 2.24) is 15.0 Å². The third-order valence-corrected chi connectivity index (χ3v) is 4.86. The molecule has 1 N–H and O–H groups in total. The predicted octanol–water partition coefficient (Wildman–Crippen LogP) is 4.32. The maximum absolute atomic E-state index is 12.3. The number of amides is 1. The molecule has 128 valence electrons. The van der Waals surface area contributed by atoms with Gasteiger partial charge < -0.3 is 5.32 Å². The van der Waals surface area contributed by atoms with Gasteiger partial charge in [0.1, 0.15) is 5.01 Å². The smallest absolute Gasteiger partial charge is 0.224 e. The second-order valence-electron chi connectivity index (χ2n) is 5.79. The van der Waals surface area contributed by atoms with Crippen LogP contribution in [0.15, 0.2) is 66.3 Å². The van der Waals surface area contributed by atoms with E-state index in [1.54, 1.807) is 23.7 Å². The van der Waals surface area contributed by atoms with Gasteiger partial charge in [-0.25, -0.2) is 4.98 Å². The van der Waals surface area contributed by atoms with Crippen molar-refractivity contribution in [2.45, 2.75) is 12.8 Å². The number of hydrogen-bond donors (Lipinski definition) is 1. The van der Waals surface area contributed by atoms with Gasteiger partial charge in [0.15, 0.2) is 0 Å². The highest BCUT2D eigenvalue weighted by molar-refractivity contribution is 7.13. The topological polar surface area (TPSA) is 67.8 Å². The zero-order chi connectivity index (χ0) is 17.8. The number of para-hydroxylation sites is 1. The fourth-order valence-corrected chi connectivity index (χ4v) is 3.52. The largest absolute Gasteiger partial charge is 0.324 e. The van der Waals surface area contributed by atoms with Crippen LogP contribution in [0.25, 0.3) is 21.6 Å². The molecule has 0 spiro atoms. The Morgan fingerprint density at radius 3 is 2.77 bits per heavy atom. The number of aromatic nitrogens is 3. The standard InChI is InChI=1S/C20H16N4OS/c25-18(24-16-8-3-5-14-6-4-12-22-19(14)16)10-9-15-13-26-20(23-15)17-7-1-2-11-21-17/h1-8,11-13H,9-10H2,(H,24,25). The molecule has 3 heterocycles. The molecular formula is C20H16N4OS. The van der Waals surface area contributed by atoms with Crippen LogP contribution < -0.4 is 5.32 Å². The van der Waals surface area contributed by atoms with Crippen molar-refractivity contribution >= 4 is 33.8 Å². The summed E-state index contributed by atoms with van der Waals surface area (Å²) in [4.78, 5) is 25.6. The summed E-state index contributed by atoms with van der Waals surface area (Å²) >= 11 is 1.54. The molecule has 3 aromatic heterocycles. The van der Waals surface area contributed by atoms with Gasteiger partial charge in [-0.3, -0.25) is 14.8 Å². The van der Waals surface area contributed by atoms with Gasteiger partial charge in [0.25, 0.3) is 0 Å². The van der Waals surface area contributed by atoms with Crippen molar-refractivity contribution in [3.8, 4) is 10.7 Å². The van der Waals surface area contributed by atoms with Crippen LogP contribution in [0.4, 0.5) is 5.69 Å². The third-order valence-electron chi connectivity index (χ3n) is 3.95. The van der Waals surface area contributed by atoms with Gasteiger partial charge in [-0.2, -0.15) is 0 Å². The minimum atomic E-state index is -0.0458. The first-order valence-corrected chi connectivity index (χ1v) is 9.17. The molecule has 5 nitrogen and oxygen atoms in total. The highest BCUT2D eigenvalue weighted by Crippen LogP contribution is 2.23. The molecule has 0 aliphatic carbocycles. The summed E-state index contributed by atoms with van der Waals surface area (Å²) < 4.78 is 0. The number of nitrogens with one attached hydrogen (secondary N) is 1. The molecule has 0 bridgehead atoms. The number of benzene rings is 1. The summed E-state index contributed by atoms with van der Waals surface area (Å²) in [7, 11) is 0. The first kappa shape index (κ1) is 16.4. The zero-order valence-corrected chi connectivity index (χ0v) is 14.7. The Kier molecular flexibility index (Phi) is 4.66. The van der Waals surface area contributed by atoms with Crippen LogP contribution in [0.3, 0.4) is 0 Å². The van der Waals surface area contributed by atoms with Crippen LogP contribution in [0.2, 0.25) is 0 Å². The first-order chi connectivity index (χ1) is 12.8. The van der Waals surface area contributed by atoms with E-state index < -0.39 is 0 Å². The molecule has 6 heteroatoms. The molecule has 0 saturated carbocycles. The summed E-state index contributed by atoms with van der Waals surface area (Å²) in [5.74, 6) is -0.0458. The molecule has 0 fully saturated rings. The van der Waals surface area contributed by atoms with Crippen molar-refractivity contribution in [3.63, 3.8) is 0 Å². The van der Waals surface area contributed by atoms with Crippen molar-refractivity contribution in [2.75, 3.05) is 5.32 Å². The summed E-state index contributed by atoms with van der Waals surface area (Å²) in [6, 6.07) is 15.4. The molecule has 0 radical (unpaired) electrons. The molecule has 0 unspecified atom stereocenters. The Bertz CT molecular complexity index is 1040. The van der Waals surface area contributed by atoms with Gasteiger partial charge >= 0.3 is 0 Å². The minimum absolute atomic E-state index is 0.0458. The van der Waals surface area contributed by atoms with E-state index in [2.05, 4.69) is 20.3 Å². The van der Waals surface area contributed by atoms with Crippen molar-refractivity contribution in [1.29, 1.82) is 0 Å². The van der Waals surface area contributed by atoms with E-state index in [1.807, 2.05) is 53.9 Å². The zero-order valence-electron chi connectivity index (χ0n) is 13.9. The lowest BCUT2D eigenvalue weighted by atomic mass is 10.2. The number of nitrogens with zero attached hydrogens (tertiary/aromatic N) is 3. The number of hydrogen-bond acceptors (Lipinski definition) is 5. The van der Waals surface area contributed by atoms with E-state index in [0.717, 1.165) is 33.0 Å². The Morgan fingerprint density at radius 2 is 1.88 bits per heavy atom. The van der Waals surface area contributed by atoms with Crippen LogP contribution in [0.5, 0.6) is 0 Å². The van der Waals surface area contributed by atoms with E-state index in [1.165, 1.54) is 0 Å². The van der Waals surface area contributed by atoms with Crippen LogP contribution in [0.1, 0.15) is 12.1 Å². The summed E-state index contributed by atoms with van der Waals surface area (Å²) in [5, 5.41) is 6.82. The lowest BCUT2D eigenvalue weighted by Gasteiger charge is -2.07. The summed E-state index contributed by atoms with van der Waals surface area (Å²) in [5.41, 5.74) is 3.30. The minimum Gasteiger partial charge on any atom is -0.324 e. The van der Waals surface area contributed by atoms with Gasteiger partial charge in [-0.05, 0) is 30.7 Å². The monoisotopic (exact) mass is 360 g/mol. The molecule has 1 aromatic carbocycles. The van der Waals surface area contributed by atoms with Gasteiger partial charge in [0.2, 0.25) is 5.91 Å². The van der Waals surface area contributed by atoms with Crippen molar-refractivity contribution in [2.24, 2.45) is 0 Å². The fourth-order valence-electron chi connectivity index (χ4n) is 2.69. The average molecular weight is 360 g/mol. The SMILES string of the molecule is O=C(CCc1csc(-c2ccccn2)n1)Nc1cccc2cccnc12. The highest BCUT2D eigenvalue weighted by Gasteiger charge is 2.10. The fraction of sp³-hybridized carbons (Fsp3) is 0.100. The lowest BCUT2D eigenvalue weighted by molar-refractivity contribution is -0.116. The number of carbonyl (C=O) groups is 1. The number of carbonyl (C=O) groups excluding carboxylic acids is 1. The Balaban J connectivity index is 1.41. The highest BCUT2D eigenvalue weighted by atomic mass is 32.1. The molecule has 1 amide bonds. The molecule has 0 aliphatic rings. The predicted molar refractivity (Wildman–Crippen MR) is 104 cm³/mol. The van der Waals surface area contributed by atoms with E-state index in [-0.39, 0.29) is 5.91 Å². The first-order valence-electron chi connectivity index (χ1n) is 8.29. The maximum atomic E-state index is 12.3. The van der Waals surface area contributed by atoms with Gasteiger partial charge in [0, 0.05) is 29.6 Å². The molecular weight excluding hydrogens is 344 g/mol. The van der Waals surface area contributed by atoms with E-state index >= 15 is 0 Å². The van der Waals surface area contributed by atoms with Gasteiger partial charge in [0.05, 0.1) is 22.6 Å². The van der Waals surface area contributed by atoms with Crippen molar-refractivity contribution in [3.05, 3.63) is 72.0 Å². The van der Waals surface area contributed by atoms with Crippen LogP contribution in [0, 0.1) is 0 Å². The van der Waals surface area contributed by atoms with E-state index in [9.17, 15) is 4.79 Å². The Hall–Kier alpha value is -3.12. The number of aryl methyl sites for hydroxylation is 1. The number of fused-ring (bicyclic) bond motifs is 1. The van der Waals surface area contributed by atoms with Crippen LogP contribution in [-0.4, -0.2) is 20.9 Å². The van der Waals surface area contributed by atoms with Gasteiger partial charge in [-0.1, -0.05) is 24.3 Å². The number of rotatable bonds is 5. The molecule has 0 aliphatic heterocycles. The summed E-state index contributed by atoms with van der Waals surface area (Å²) in [6.45, 7) is 0. The summed E-state index contributed by atoms with van der Waals surface area (Å²) in [6.07, 6.45) is 4.44. The number of anilines is 1. The lowest BCUT2D eigenvalue weighted by Crippen LogP contribution is -2.13. The second-order valence-corrected chi connectivity index (χ2v) is 6.65. The van der Waals surface area contributed by atoms with Crippen LogP contribution >= 0.6 is 11.3 Å². The Morgan fingerprint density at radius 1 is 1.00 bits per heavy atom. The molecule has 4 aromatic rings. The second kappa shape index (κ2) is 7.41. The number of thiazole rings is 1. The van der Waals surface area contributed by atoms with E-state index in [4.69, 9.17) is 0 Å². The molecule has 4 rings (SSSR count). The normalized spacial score (nSPS) is 10.8. The Labute approximate surface area is 154 Å². The average Bonchev–Trinajstić information content (AvgIpc) is 3.17. The van der Waals surface area contributed by atoms with E-state index in [0.29, 0.717) is 12.8 Å². The quantitative estimate of drug-likeness (QED) is 0.575. The molecule has 0 saturated heterocycles. The molecule has 26 heavy (non-hydrogen) atoms.